The van der Waals surface area contributed by atoms with Crippen LogP contribution in [-0.2, 0) is 4.79 Å². The Hall–Kier alpha value is -0.330. The molecule has 1 heteroatoms. The predicted octanol–water partition coefficient (Wildman–Crippen LogP) is 5.91. The molecule has 104 valence electrons. The van der Waals surface area contributed by atoms with Crippen molar-refractivity contribution >= 4 is 6.29 Å². The summed E-state index contributed by atoms with van der Waals surface area (Å²) in [5.41, 5.74) is 0. The van der Waals surface area contributed by atoms with Crippen molar-refractivity contribution in [3.8, 4) is 0 Å². The van der Waals surface area contributed by atoms with Gasteiger partial charge in [0.1, 0.15) is 6.29 Å². The van der Waals surface area contributed by atoms with Crippen molar-refractivity contribution in [1.82, 2.24) is 0 Å². The second-order valence-electron chi connectivity index (χ2n) is 4.78. The van der Waals surface area contributed by atoms with E-state index in [1.54, 1.807) is 0 Å². The van der Waals surface area contributed by atoms with Gasteiger partial charge in [0.2, 0.25) is 0 Å². The summed E-state index contributed by atoms with van der Waals surface area (Å²) in [5, 5.41) is 0. The van der Waals surface area contributed by atoms with Gasteiger partial charge in [-0.3, -0.25) is 0 Å². The Labute approximate surface area is 109 Å². The van der Waals surface area contributed by atoms with Crippen molar-refractivity contribution < 1.29 is 4.79 Å². The van der Waals surface area contributed by atoms with Crippen LogP contribution >= 0.6 is 0 Å². The van der Waals surface area contributed by atoms with Crippen LogP contribution in [0.15, 0.2) is 0 Å². The van der Waals surface area contributed by atoms with Gasteiger partial charge in [-0.2, -0.15) is 0 Å². The van der Waals surface area contributed by atoms with E-state index in [-0.39, 0.29) is 0 Å². The third kappa shape index (κ3) is 25.7. The summed E-state index contributed by atoms with van der Waals surface area (Å²) >= 11 is 0. The lowest BCUT2D eigenvalue weighted by Crippen LogP contribution is -1.76. The minimum atomic E-state index is 0.750. The molecule has 0 atom stereocenters. The SMILES string of the molecule is CCCCCCC=O.CCCCCCCCC. The Morgan fingerprint density at radius 3 is 1.29 bits per heavy atom. The highest BCUT2D eigenvalue weighted by Gasteiger charge is 1.86. The number of aldehydes is 1. The van der Waals surface area contributed by atoms with Gasteiger partial charge < -0.3 is 4.79 Å². The van der Waals surface area contributed by atoms with Crippen LogP contribution in [-0.4, -0.2) is 6.29 Å². The van der Waals surface area contributed by atoms with Crippen LogP contribution in [0.5, 0.6) is 0 Å². The third-order valence-electron chi connectivity index (χ3n) is 2.88. The summed E-state index contributed by atoms with van der Waals surface area (Å²) in [4.78, 5) is 9.77. The number of unbranched alkanes of at least 4 members (excludes halogenated alkanes) is 10. The first-order chi connectivity index (χ1) is 8.33. The number of hydrogen-bond donors (Lipinski definition) is 0. The van der Waals surface area contributed by atoms with Crippen LogP contribution in [0, 0.1) is 0 Å². The topological polar surface area (TPSA) is 17.1 Å². The van der Waals surface area contributed by atoms with E-state index in [0.717, 1.165) is 19.1 Å². The Morgan fingerprint density at radius 1 is 0.588 bits per heavy atom. The highest BCUT2D eigenvalue weighted by atomic mass is 16.1. The molecule has 0 fully saturated rings. The van der Waals surface area contributed by atoms with Crippen molar-refractivity contribution in [2.24, 2.45) is 0 Å². The van der Waals surface area contributed by atoms with Crippen LogP contribution < -0.4 is 0 Å². The second kappa shape index (κ2) is 21.0. The van der Waals surface area contributed by atoms with Gasteiger partial charge >= 0.3 is 0 Å². The lowest BCUT2D eigenvalue weighted by atomic mass is 10.1. The van der Waals surface area contributed by atoms with Gasteiger partial charge in [0.25, 0.3) is 0 Å². The third-order valence-corrected chi connectivity index (χ3v) is 2.88. The molecule has 0 heterocycles. The first-order valence-electron chi connectivity index (χ1n) is 7.77. The minimum absolute atomic E-state index is 0.750. The molecule has 0 bridgehead atoms. The van der Waals surface area contributed by atoms with E-state index < -0.39 is 0 Å². The van der Waals surface area contributed by atoms with Crippen LogP contribution in [0.25, 0.3) is 0 Å². The average Bonchev–Trinajstić information content (AvgIpc) is 2.36. The van der Waals surface area contributed by atoms with Crippen LogP contribution in [0.1, 0.15) is 97.8 Å². The van der Waals surface area contributed by atoms with Gasteiger partial charge in [0, 0.05) is 6.42 Å². The molecule has 0 aliphatic carbocycles. The maximum atomic E-state index is 9.77. The standard InChI is InChI=1S/C9H20.C7H14O/c1-3-5-7-9-8-6-4-2;1-2-3-4-5-6-7-8/h3-9H2,1-2H3;7H,2-6H2,1H3. The maximum Gasteiger partial charge on any atom is 0.119 e. The summed E-state index contributed by atoms with van der Waals surface area (Å²) in [7, 11) is 0. The second-order valence-corrected chi connectivity index (χ2v) is 4.78. The normalized spacial score (nSPS) is 9.59. The molecule has 0 rings (SSSR count). The van der Waals surface area contributed by atoms with Crippen molar-refractivity contribution in [1.29, 1.82) is 0 Å². The van der Waals surface area contributed by atoms with E-state index in [0.29, 0.717) is 0 Å². The number of hydrogen-bond acceptors (Lipinski definition) is 1. The van der Waals surface area contributed by atoms with Gasteiger partial charge in [-0.1, -0.05) is 85.0 Å². The van der Waals surface area contributed by atoms with Crippen molar-refractivity contribution in [2.45, 2.75) is 97.8 Å². The minimum Gasteiger partial charge on any atom is -0.303 e. The van der Waals surface area contributed by atoms with E-state index in [1.807, 2.05) is 0 Å². The quantitative estimate of drug-likeness (QED) is 0.325. The van der Waals surface area contributed by atoms with E-state index >= 15 is 0 Å². The van der Waals surface area contributed by atoms with Gasteiger partial charge in [0.15, 0.2) is 0 Å². The number of carbonyl (C=O) groups is 1. The van der Waals surface area contributed by atoms with E-state index in [1.165, 1.54) is 64.2 Å². The smallest absolute Gasteiger partial charge is 0.119 e. The lowest BCUT2D eigenvalue weighted by molar-refractivity contribution is -0.107. The molecule has 0 aromatic carbocycles. The fourth-order valence-electron chi connectivity index (χ4n) is 1.68. The average molecular weight is 242 g/mol. The Balaban J connectivity index is 0. The van der Waals surface area contributed by atoms with Crippen LogP contribution in [0.4, 0.5) is 0 Å². The van der Waals surface area contributed by atoms with Crippen LogP contribution in [0.3, 0.4) is 0 Å². The molecule has 0 spiro atoms. The Kier molecular flexibility index (Phi) is 23.5. The lowest BCUT2D eigenvalue weighted by Gasteiger charge is -1.96. The summed E-state index contributed by atoms with van der Waals surface area (Å²) in [6.07, 6.45) is 16.5. The molecule has 0 aliphatic rings. The zero-order chi connectivity index (χ0) is 13.2. The number of rotatable bonds is 11. The Morgan fingerprint density at radius 2 is 0.941 bits per heavy atom. The van der Waals surface area contributed by atoms with Crippen LogP contribution in [0.2, 0.25) is 0 Å². The molecule has 0 saturated heterocycles. The van der Waals surface area contributed by atoms with E-state index in [4.69, 9.17) is 0 Å². The molecule has 0 N–H and O–H groups in total. The molecular weight excluding hydrogens is 208 g/mol. The van der Waals surface area contributed by atoms with Crippen molar-refractivity contribution in [2.75, 3.05) is 0 Å². The predicted molar refractivity (Wildman–Crippen MR) is 78.5 cm³/mol. The van der Waals surface area contributed by atoms with E-state index in [2.05, 4.69) is 20.8 Å². The Bertz CT molecular complexity index is 115. The molecular formula is C16H34O. The molecule has 0 aromatic heterocycles. The number of carbonyl (C=O) groups excluding carboxylic acids is 1. The molecule has 0 aliphatic heterocycles. The summed E-state index contributed by atoms with van der Waals surface area (Å²) in [6.45, 7) is 6.69. The molecule has 0 amide bonds. The van der Waals surface area contributed by atoms with Gasteiger partial charge in [-0.05, 0) is 6.42 Å². The van der Waals surface area contributed by atoms with Crippen molar-refractivity contribution in [3.05, 3.63) is 0 Å². The fourth-order valence-corrected chi connectivity index (χ4v) is 1.68. The summed E-state index contributed by atoms with van der Waals surface area (Å²) < 4.78 is 0. The molecule has 17 heavy (non-hydrogen) atoms. The van der Waals surface area contributed by atoms with Gasteiger partial charge in [-0.25, -0.2) is 0 Å². The first kappa shape index (κ1) is 19.0. The molecule has 1 nitrogen and oxygen atoms in total. The molecule has 0 radical (unpaired) electrons. The first-order valence-corrected chi connectivity index (χ1v) is 7.77. The van der Waals surface area contributed by atoms with Crippen molar-refractivity contribution in [3.63, 3.8) is 0 Å². The fraction of sp³-hybridized carbons (Fsp3) is 0.938. The zero-order valence-electron chi connectivity index (χ0n) is 12.5. The maximum absolute atomic E-state index is 9.77. The molecule has 0 aromatic rings. The van der Waals surface area contributed by atoms with Gasteiger partial charge in [0.05, 0.1) is 0 Å². The zero-order valence-corrected chi connectivity index (χ0v) is 12.5. The summed E-state index contributed by atoms with van der Waals surface area (Å²) in [5.74, 6) is 0. The molecule has 0 saturated carbocycles. The summed E-state index contributed by atoms with van der Waals surface area (Å²) in [6, 6.07) is 0. The highest BCUT2D eigenvalue weighted by molar-refractivity contribution is 5.48. The van der Waals surface area contributed by atoms with E-state index in [9.17, 15) is 4.79 Å². The highest BCUT2D eigenvalue weighted by Crippen LogP contribution is 2.05. The monoisotopic (exact) mass is 242 g/mol. The van der Waals surface area contributed by atoms with Gasteiger partial charge in [-0.15, -0.1) is 0 Å². The largest absolute Gasteiger partial charge is 0.303 e. The molecule has 0 unspecified atom stereocenters.